The van der Waals surface area contributed by atoms with Crippen LogP contribution < -0.4 is 4.31 Å². The van der Waals surface area contributed by atoms with Crippen molar-refractivity contribution in [3.8, 4) is 0 Å². The molecule has 0 bridgehead atoms. The van der Waals surface area contributed by atoms with Crippen LogP contribution in [0.4, 0.5) is 10.1 Å². The molecule has 0 aromatic heterocycles. The number of likely N-dealkylation sites (N-methyl/N-ethyl adjacent to an activating group) is 1. The van der Waals surface area contributed by atoms with Crippen LogP contribution in [0.25, 0.3) is 0 Å². The number of piperazine rings is 1. The number of hydrogen-bond donors (Lipinski definition) is 0. The molecule has 144 valence electrons. The first-order valence-electron chi connectivity index (χ1n) is 8.61. The summed E-state index contributed by atoms with van der Waals surface area (Å²) in [6.07, 6.45) is 0. The van der Waals surface area contributed by atoms with Crippen molar-refractivity contribution in [2.45, 2.75) is 4.90 Å². The van der Waals surface area contributed by atoms with Crippen LogP contribution in [0, 0.1) is 5.82 Å². The van der Waals surface area contributed by atoms with E-state index in [0.29, 0.717) is 24.3 Å². The summed E-state index contributed by atoms with van der Waals surface area (Å²) in [5, 5.41) is 0. The first kappa shape index (κ1) is 19.3. The van der Waals surface area contributed by atoms with Gasteiger partial charge in [0.25, 0.3) is 15.9 Å². The molecule has 2 aromatic carbocycles. The molecular weight excluding hydrogens is 369 g/mol. The fourth-order valence-corrected chi connectivity index (χ4v) is 4.17. The maximum absolute atomic E-state index is 13.1. The van der Waals surface area contributed by atoms with E-state index in [4.69, 9.17) is 0 Å². The van der Waals surface area contributed by atoms with Gasteiger partial charge in [-0.1, -0.05) is 6.07 Å². The summed E-state index contributed by atoms with van der Waals surface area (Å²) in [5.74, 6) is -0.617. The number of halogens is 1. The number of nitrogens with zero attached hydrogens (tertiary/aromatic N) is 3. The molecule has 1 amide bonds. The fourth-order valence-electron chi connectivity index (χ4n) is 2.93. The van der Waals surface area contributed by atoms with Crippen LogP contribution in [0.5, 0.6) is 0 Å². The molecule has 0 aliphatic carbocycles. The highest BCUT2D eigenvalue weighted by atomic mass is 32.2. The third kappa shape index (κ3) is 4.12. The Labute approximate surface area is 158 Å². The van der Waals surface area contributed by atoms with Crippen molar-refractivity contribution in [1.29, 1.82) is 0 Å². The molecule has 0 atom stereocenters. The van der Waals surface area contributed by atoms with Crippen molar-refractivity contribution in [2.24, 2.45) is 0 Å². The lowest BCUT2D eigenvalue weighted by Gasteiger charge is -2.32. The molecule has 1 aliphatic heterocycles. The van der Waals surface area contributed by atoms with Crippen LogP contribution in [-0.4, -0.2) is 64.4 Å². The van der Waals surface area contributed by atoms with Crippen LogP contribution in [0.3, 0.4) is 0 Å². The van der Waals surface area contributed by atoms with Gasteiger partial charge in [-0.05, 0) is 49.5 Å². The number of carbonyl (C=O) groups is 1. The van der Waals surface area contributed by atoms with E-state index >= 15 is 0 Å². The molecule has 0 saturated carbocycles. The monoisotopic (exact) mass is 391 g/mol. The lowest BCUT2D eigenvalue weighted by molar-refractivity contribution is 0.0664. The summed E-state index contributed by atoms with van der Waals surface area (Å²) in [6, 6.07) is 11.2. The van der Waals surface area contributed by atoms with Crippen LogP contribution in [0.2, 0.25) is 0 Å². The van der Waals surface area contributed by atoms with Gasteiger partial charge in [-0.25, -0.2) is 12.8 Å². The first-order chi connectivity index (χ1) is 12.8. The molecule has 6 nitrogen and oxygen atoms in total. The number of amides is 1. The lowest BCUT2D eigenvalue weighted by Crippen LogP contribution is -2.47. The Morgan fingerprint density at radius 2 is 1.67 bits per heavy atom. The van der Waals surface area contributed by atoms with E-state index in [9.17, 15) is 17.6 Å². The highest BCUT2D eigenvalue weighted by Crippen LogP contribution is 2.23. The zero-order valence-electron chi connectivity index (χ0n) is 15.3. The minimum atomic E-state index is -3.87. The zero-order chi connectivity index (χ0) is 19.6. The van der Waals surface area contributed by atoms with Gasteiger partial charge in [-0.2, -0.15) is 0 Å². The second kappa shape index (κ2) is 7.66. The largest absolute Gasteiger partial charge is 0.336 e. The molecule has 8 heteroatoms. The van der Waals surface area contributed by atoms with E-state index < -0.39 is 15.8 Å². The SMILES string of the molecule is CN1CCN(C(=O)c2cccc(S(=O)(=O)N(C)c3ccc(F)cc3)c2)CC1. The predicted molar refractivity (Wildman–Crippen MR) is 102 cm³/mol. The summed E-state index contributed by atoms with van der Waals surface area (Å²) < 4.78 is 40.0. The Morgan fingerprint density at radius 3 is 2.30 bits per heavy atom. The molecule has 1 heterocycles. The minimum absolute atomic E-state index is 0.0225. The molecule has 0 radical (unpaired) electrons. The molecule has 3 rings (SSSR count). The van der Waals surface area contributed by atoms with Gasteiger partial charge in [0, 0.05) is 38.8 Å². The number of rotatable bonds is 4. The zero-order valence-corrected chi connectivity index (χ0v) is 16.1. The van der Waals surface area contributed by atoms with Crippen molar-refractivity contribution >= 4 is 21.6 Å². The van der Waals surface area contributed by atoms with Gasteiger partial charge < -0.3 is 9.80 Å². The standard InChI is InChI=1S/C19H22FN3O3S/c1-21-10-12-23(13-11-21)19(24)15-4-3-5-18(14-15)27(25,26)22(2)17-8-6-16(20)7-9-17/h3-9,14H,10-13H2,1-2H3. The predicted octanol–water partition coefficient (Wildman–Crippen LogP) is 2.04. The number of hydrogen-bond acceptors (Lipinski definition) is 4. The number of anilines is 1. The molecule has 1 fully saturated rings. The number of sulfonamides is 1. The highest BCUT2D eigenvalue weighted by molar-refractivity contribution is 7.92. The lowest BCUT2D eigenvalue weighted by atomic mass is 10.2. The Balaban J connectivity index is 1.85. The maximum Gasteiger partial charge on any atom is 0.264 e. The quantitative estimate of drug-likeness (QED) is 0.800. The summed E-state index contributed by atoms with van der Waals surface area (Å²) in [5.41, 5.74) is 0.681. The highest BCUT2D eigenvalue weighted by Gasteiger charge is 2.25. The minimum Gasteiger partial charge on any atom is -0.336 e. The van der Waals surface area contributed by atoms with Crippen LogP contribution >= 0.6 is 0 Å². The number of benzene rings is 2. The molecule has 1 saturated heterocycles. The molecule has 0 N–H and O–H groups in total. The smallest absolute Gasteiger partial charge is 0.264 e. The molecule has 2 aromatic rings. The molecule has 27 heavy (non-hydrogen) atoms. The van der Waals surface area contributed by atoms with Gasteiger partial charge in [0.05, 0.1) is 10.6 Å². The van der Waals surface area contributed by atoms with E-state index in [2.05, 4.69) is 4.90 Å². The summed E-state index contributed by atoms with van der Waals surface area (Å²) in [6.45, 7) is 2.80. The van der Waals surface area contributed by atoms with Gasteiger partial charge in [0.1, 0.15) is 5.82 Å². The van der Waals surface area contributed by atoms with Gasteiger partial charge in [-0.15, -0.1) is 0 Å². The molecule has 1 aliphatic rings. The fraction of sp³-hybridized carbons (Fsp3) is 0.316. The van der Waals surface area contributed by atoms with Crippen LogP contribution in [0.15, 0.2) is 53.4 Å². The summed E-state index contributed by atoms with van der Waals surface area (Å²) >= 11 is 0. The second-order valence-corrected chi connectivity index (χ2v) is 8.54. The van der Waals surface area contributed by atoms with Crippen LogP contribution in [-0.2, 0) is 10.0 Å². The van der Waals surface area contributed by atoms with E-state index in [-0.39, 0.29) is 10.8 Å². The van der Waals surface area contributed by atoms with Gasteiger partial charge in [-0.3, -0.25) is 9.10 Å². The van der Waals surface area contributed by atoms with E-state index in [0.717, 1.165) is 17.4 Å². The first-order valence-corrected chi connectivity index (χ1v) is 10.1. The second-order valence-electron chi connectivity index (χ2n) is 6.57. The Kier molecular flexibility index (Phi) is 5.48. The third-order valence-electron chi connectivity index (χ3n) is 4.72. The Morgan fingerprint density at radius 1 is 1.04 bits per heavy atom. The summed E-state index contributed by atoms with van der Waals surface area (Å²) in [4.78, 5) is 16.6. The van der Waals surface area contributed by atoms with Crippen molar-refractivity contribution in [1.82, 2.24) is 9.80 Å². The Bertz CT molecular complexity index is 923. The van der Waals surface area contributed by atoms with E-state index in [1.807, 2.05) is 7.05 Å². The molecular formula is C19H22FN3O3S. The van der Waals surface area contributed by atoms with Gasteiger partial charge in [0.2, 0.25) is 0 Å². The van der Waals surface area contributed by atoms with E-state index in [1.54, 1.807) is 17.0 Å². The average molecular weight is 391 g/mol. The average Bonchev–Trinajstić information content (AvgIpc) is 2.68. The normalized spacial score (nSPS) is 15.6. The van der Waals surface area contributed by atoms with Crippen molar-refractivity contribution < 1.29 is 17.6 Å². The number of carbonyl (C=O) groups excluding carboxylic acids is 1. The maximum atomic E-state index is 13.1. The van der Waals surface area contributed by atoms with Crippen molar-refractivity contribution in [3.63, 3.8) is 0 Å². The van der Waals surface area contributed by atoms with Gasteiger partial charge in [0.15, 0.2) is 0 Å². The Hall–Kier alpha value is -2.45. The van der Waals surface area contributed by atoms with Crippen LogP contribution in [0.1, 0.15) is 10.4 Å². The van der Waals surface area contributed by atoms with E-state index in [1.165, 1.54) is 43.4 Å². The van der Waals surface area contributed by atoms with Crippen molar-refractivity contribution in [3.05, 3.63) is 59.9 Å². The molecule has 0 unspecified atom stereocenters. The summed E-state index contributed by atoms with van der Waals surface area (Å²) in [7, 11) is -0.468. The third-order valence-corrected chi connectivity index (χ3v) is 6.50. The molecule has 0 spiro atoms. The van der Waals surface area contributed by atoms with Crippen molar-refractivity contribution in [2.75, 3.05) is 44.6 Å². The van der Waals surface area contributed by atoms with Gasteiger partial charge >= 0.3 is 0 Å². The topological polar surface area (TPSA) is 60.9 Å².